The van der Waals surface area contributed by atoms with E-state index in [1.54, 1.807) is 0 Å². The average Bonchev–Trinajstić information content (AvgIpc) is 2.40. The normalized spacial score (nSPS) is 23.4. The first-order chi connectivity index (χ1) is 8.74. The molecule has 0 amide bonds. The lowest BCUT2D eigenvalue weighted by Crippen LogP contribution is -2.27. The van der Waals surface area contributed by atoms with Gasteiger partial charge >= 0.3 is 0 Å². The van der Waals surface area contributed by atoms with Gasteiger partial charge in [-0.15, -0.1) is 0 Å². The van der Waals surface area contributed by atoms with Crippen LogP contribution in [0.15, 0.2) is 22.7 Å². The molecule has 2 rings (SSSR count). The van der Waals surface area contributed by atoms with Crippen LogP contribution in [0.5, 0.6) is 0 Å². The molecule has 0 atom stereocenters. The Hall–Kier alpha value is -0.660. The predicted octanol–water partition coefficient (Wildman–Crippen LogP) is 4.41. The SMILES string of the molecule is CSC1CCC(Nc2cccc(Br)c2C#N)CC1. The summed E-state index contributed by atoms with van der Waals surface area (Å²) >= 11 is 5.40. The molecule has 0 saturated heterocycles. The highest BCUT2D eigenvalue weighted by Crippen LogP contribution is 2.30. The van der Waals surface area contributed by atoms with E-state index in [-0.39, 0.29) is 0 Å². The minimum absolute atomic E-state index is 0.509. The summed E-state index contributed by atoms with van der Waals surface area (Å²) in [6.45, 7) is 0. The number of rotatable bonds is 3. The van der Waals surface area contributed by atoms with Crippen LogP contribution >= 0.6 is 27.7 Å². The van der Waals surface area contributed by atoms with E-state index in [1.165, 1.54) is 25.7 Å². The summed E-state index contributed by atoms with van der Waals surface area (Å²) in [6.07, 6.45) is 7.13. The lowest BCUT2D eigenvalue weighted by molar-refractivity contribution is 0.473. The molecule has 18 heavy (non-hydrogen) atoms. The molecule has 0 spiro atoms. The van der Waals surface area contributed by atoms with Crippen molar-refractivity contribution in [3.63, 3.8) is 0 Å². The maximum atomic E-state index is 9.19. The van der Waals surface area contributed by atoms with Gasteiger partial charge < -0.3 is 5.32 Å². The summed E-state index contributed by atoms with van der Waals surface area (Å²) < 4.78 is 0.868. The van der Waals surface area contributed by atoms with Crippen LogP contribution in [-0.2, 0) is 0 Å². The van der Waals surface area contributed by atoms with Gasteiger partial charge in [-0.3, -0.25) is 0 Å². The maximum absolute atomic E-state index is 9.19. The number of nitrogens with zero attached hydrogens (tertiary/aromatic N) is 1. The highest BCUT2D eigenvalue weighted by atomic mass is 79.9. The summed E-state index contributed by atoms with van der Waals surface area (Å²) in [5.74, 6) is 0. The van der Waals surface area contributed by atoms with Crippen molar-refractivity contribution in [3.8, 4) is 6.07 Å². The molecule has 1 N–H and O–H groups in total. The van der Waals surface area contributed by atoms with Gasteiger partial charge in [0.15, 0.2) is 0 Å². The van der Waals surface area contributed by atoms with Crippen LogP contribution in [0.25, 0.3) is 0 Å². The number of hydrogen-bond donors (Lipinski definition) is 1. The Labute approximate surface area is 121 Å². The van der Waals surface area contributed by atoms with E-state index >= 15 is 0 Å². The second-order valence-electron chi connectivity index (χ2n) is 4.63. The van der Waals surface area contributed by atoms with Gasteiger partial charge in [-0.2, -0.15) is 17.0 Å². The Balaban J connectivity index is 2.03. The van der Waals surface area contributed by atoms with Crippen LogP contribution in [0.4, 0.5) is 5.69 Å². The van der Waals surface area contributed by atoms with E-state index in [0.717, 1.165) is 15.4 Å². The third kappa shape index (κ3) is 3.21. The first-order valence-corrected chi connectivity index (χ1v) is 8.30. The van der Waals surface area contributed by atoms with Gasteiger partial charge in [0, 0.05) is 15.8 Å². The zero-order chi connectivity index (χ0) is 13.0. The average molecular weight is 325 g/mol. The standard InChI is InChI=1S/C14H17BrN2S/c1-18-11-7-5-10(6-8-11)17-14-4-2-3-13(15)12(14)9-16/h2-4,10-11,17H,5-8H2,1H3. The molecule has 1 aliphatic carbocycles. The molecule has 4 heteroatoms. The molecule has 1 saturated carbocycles. The molecule has 0 bridgehead atoms. The zero-order valence-electron chi connectivity index (χ0n) is 10.4. The van der Waals surface area contributed by atoms with Crippen LogP contribution in [-0.4, -0.2) is 17.5 Å². The Bertz CT molecular complexity index is 448. The number of nitrogens with one attached hydrogen (secondary N) is 1. The lowest BCUT2D eigenvalue weighted by atomic mass is 9.94. The molecule has 1 aromatic rings. The third-order valence-electron chi connectivity index (χ3n) is 3.49. The van der Waals surface area contributed by atoms with Crippen molar-refractivity contribution in [1.82, 2.24) is 0 Å². The number of hydrogen-bond acceptors (Lipinski definition) is 3. The van der Waals surface area contributed by atoms with E-state index < -0.39 is 0 Å². The fraction of sp³-hybridized carbons (Fsp3) is 0.500. The summed E-state index contributed by atoms with van der Waals surface area (Å²) in [7, 11) is 0. The molecular weight excluding hydrogens is 308 g/mol. The lowest BCUT2D eigenvalue weighted by Gasteiger charge is -2.29. The van der Waals surface area contributed by atoms with Crippen LogP contribution in [0.1, 0.15) is 31.2 Å². The number of halogens is 1. The predicted molar refractivity (Wildman–Crippen MR) is 82.0 cm³/mol. The molecule has 0 unspecified atom stereocenters. The van der Waals surface area contributed by atoms with Crippen molar-refractivity contribution in [3.05, 3.63) is 28.2 Å². The summed E-state index contributed by atoms with van der Waals surface area (Å²) in [4.78, 5) is 0. The number of thioether (sulfide) groups is 1. The fourth-order valence-electron chi connectivity index (χ4n) is 2.42. The second-order valence-corrected chi connectivity index (χ2v) is 6.62. The molecular formula is C14H17BrN2S. The van der Waals surface area contributed by atoms with E-state index in [4.69, 9.17) is 0 Å². The summed E-state index contributed by atoms with van der Waals surface area (Å²) in [5.41, 5.74) is 1.67. The molecule has 0 heterocycles. The minimum Gasteiger partial charge on any atom is -0.381 e. The van der Waals surface area contributed by atoms with Gasteiger partial charge in [0.05, 0.1) is 11.3 Å². The number of nitriles is 1. The largest absolute Gasteiger partial charge is 0.381 e. The van der Waals surface area contributed by atoms with E-state index in [9.17, 15) is 5.26 Å². The minimum atomic E-state index is 0.509. The molecule has 1 aromatic carbocycles. The van der Waals surface area contributed by atoms with Crippen molar-refractivity contribution in [2.45, 2.75) is 37.0 Å². The Morgan fingerprint density at radius 1 is 1.33 bits per heavy atom. The Kier molecular flexibility index (Phi) is 4.96. The van der Waals surface area contributed by atoms with E-state index in [1.807, 2.05) is 30.0 Å². The topological polar surface area (TPSA) is 35.8 Å². The van der Waals surface area contributed by atoms with E-state index in [0.29, 0.717) is 11.6 Å². The van der Waals surface area contributed by atoms with Crippen LogP contribution in [0.2, 0.25) is 0 Å². The van der Waals surface area contributed by atoms with Crippen molar-refractivity contribution in [2.75, 3.05) is 11.6 Å². The van der Waals surface area contributed by atoms with Gasteiger partial charge in [-0.1, -0.05) is 6.07 Å². The molecule has 1 fully saturated rings. The number of benzene rings is 1. The summed E-state index contributed by atoms with van der Waals surface area (Å²) in [5, 5.41) is 13.5. The fourth-order valence-corrected chi connectivity index (χ4v) is 3.62. The van der Waals surface area contributed by atoms with Gasteiger partial charge in [0.1, 0.15) is 6.07 Å². The molecule has 0 radical (unpaired) electrons. The van der Waals surface area contributed by atoms with Crippen LogP contribution in [0.3, 0.4) is 0 Å². The quantitative estimate of drug-likeness (QED) is 0.894. The monoisotopic (exact) mass is 324 g/mol. The Morgan fingerprint density at radius 2 is 2.06 bits per heavy atom. The third-order valence-corrected chi connectivity index (χ3v) is 5.29. The van der Waals surface area contributed by atoms with Gasteiger partial charge in [0.2, 0.25) is 0 Å². The van der Waals surface area contributed by atoms with Crippen molar-refractivity contribution in [1.29, 1.82) is 5.26 Å². The van der Waals surface area contributed by atoms with Crippen LogP contribution < -0.4 is 5.32 Å². The van der Waals surface area contributed by atoms with E-state index in [2.05, 4.69) is 33.6 Å². The molecule has 0 aromatic heterocycles. The first-order valence-electron chi connectivity index (χ1n) is 6.22. The highest BCUT2D eigenvalue weighted by molar-refractivity contribution is 9.10. The van der Waals surface area contributed by atoms with Gasteiger partial charge in [-0.05, 0) is 60.0 Å². The molecule has 96 valence electrons. The smallest absolute Gasteiger partial charge is 0.103 e. The van der Waals surface area contributed by atoms with Crippen LogP contribution in [0, 0.1) is 11.3 Å². The first kappa shape index (κ1) is 13.8. The number of anilines is 1. The van der Waals surface area contributed by atoms with Gasteiger partial charge in [-0.25, -0.2) is 0 Å². The second kappa shape index (κ2) is 6.49. The molecule has 0 aliphatic heterocycles. The molecule has 1 aliphatic rings. The molecule has 2 nitrogen and oxygen atoms in total. The van der Waals surface area contributed by atoms with Crippen molar-refractivity contribution in [2.24, 2.45) is 0 Å². The maximum Gasteiger partial charge on any atom is 0.103 e. The van der Waals surface area contributed by atoms with Crippen molar-refractivity contribution < 1.29 is 0 Å². The van der Waals surface area contributed by atoms with Crippen molar-refractivity contribution >= 4 is 33.4 Å². The highest BCUT2D eigenvalue weighted by Gasteiger charge is 2.21. The zero-order valence-corrected chi connectivity index (χ0v) is 12.9. The summed E-state index contributed by atoms with van der Waals surface area (Å²) in [6, 6.07) is 8.64. The Morgan fingerprint density at radius 3 is 2.67 bits per heavy atom. The van der Waals surface area contributed by atoms with Gasteiger partial charge in [0.25, 0.3) is 0 Å².